The van der Waals surface area contributed by atoms with Crippen molar-refractivity contribution in [1.82, 2.24) is 0 Å². The summed E-state index contributed by atoms with van der Waals surface area (Å²) in [6.07, 6.45) is 1.20. The van der Waals surface area contributed by atoms with Gasteiger partial charge in [-0.3, -0.25) is 4.79 Å². The maximum atomic E-state index is 12.4. The summed E-state index contributed by atoms with van der Waals surface area (Å²) in [6.45, 7) is 7.30. The van der Waals surface area contributed by atoms with Gasteiger partial charge < -0.3 is 9.94 Å². The van der Waals surface area contributed by atoms with Gasteiger partial charge in [0.25, 0.3) is 0 Å². The summed E-state index contributed by atoms with van der Waals surface area (Å²) in [7, 11) is 0. The summed E-state index contributed by atoms with van der Waals surface area (Å²) in [5.74, 6) is -1.09. The molecule has 0 amide bonds. The number of esters is 1. The van der Waals surface area contributed by atoms with E-state index in [0.29, 0.717) is 10.3 Å². The Morgan fingerprint density at radius 1 is 1.09 bits per heavy atom. The van der Waals surface area contributed by atoms with Crippen LogP contribution in [0.2, 0.25) is 0 Å². The first kappa shape index (κ1) is 16.7. The minimum Gasteiger partial charge on any atom is -0.618 e. The van der Waals surface area contributed by atoms with E-state index in [0.717, 1.165) is 22.3 Å². The Kier molecular flexibility index (Phi) is 4.79. The highest BCUT2D eigenvalue weighted by atomic mass is 16.5. The molecular formula is C18H19NO4. The molecule has 1 aromatic carbocycles. The maximum Gasteiger partial charge on any atom is 0.405 e. The summed E-state index contributed by atoms with van der Waals surface area (Å²) < 4.78 is 5.41. The number of ketones is 1. The molecule has 5 heteroatoms. The predicted molar refractivity (Wildman–Crippen MR) is 85.4 cm³/mol. The molecule has 23 heavy (non-hydrogen) atoms. The third-order valence-corrected chi connectivity index (χ3v) is 4.00. The topological polar surface area (TPSA) is 70.3 Å². The fraction of sp³-hybridized carbons (Fsp3) is 0.278. The van der Waals surface area contributed by atoms with E-state index in [-0.39, 0.29) is 11.5 Å². The highest BCUT2D eigenvalue weighted by Gasteiger charge is 2.21. The van der Waals surface area contributed by atoms with Crippen LogP contribution >= 0.6 is 0 Å². The van der Waals surface area contributed by atoms with Gasteiger partial charge in [-0.25, -0.2) is 4.79 Å². The van der Waals surface area contributed by atoms with Crippen LogP contribution in [0.3, 0.4) is 0 Å². The van der Waals surface area contributed by atoms with E-state index in [9.17, 15) is 14.8 Å². The van der Waals surface area contributed by atoms with Crippen LogP contribution in [0.1, 0.15) is 43.1 Å². The molecule has 0 N–H and O–H groups in total. The lowest BCUT2D eigenvalue weighted by Gasteiger charge is -2.14. The van der Waals surface area contributed by atoms with Gasteiger partial charge in [0.1, 0.15) is 0 Å². The first-order chi connectivity index (χ1) is 10.8. The zero-order chi connectivity index (χ0) is 17.1. The van der Waals surface area contributed by atoms with E-state index in [1.54, 1.807) is 6.07 Å². The number of hydrogen-bond donors (Lipinski definition) is 0. The molecule has 2 aromatic rings. The van der Waals surface area contributed by atoms with E-state index in [1.807, 2.05) is 33.8 Å². The molecule has 0 radical (unpaired) electrons. The standard InChI is InChI=1S/C18H19NO4/c1-11-9-12(2)17(14(4)13(11)3)16(20)10-23-18(21)15-7-5-6-8-19(15)22/h5-9H,10H2,1-4H3. The van der Waals surface area contributed by atoms with E-state index in [1.165, 1.54) is 18.3 Å². The Balaban J connectivity index is 2.17. The molecule has 0 unspecified atom stereocenters. The van der Waals surface area contributed by atoms with Crippen LogP contribution in [0.25, 0.3) is 0 Å². The highest BCUT2D eigenvalue weighted by Crippen LogP contribution is 2.22. The molecule has 1 heterocycles. The number of aryl methyl sites for hydroxylation is 2. The summed E-state index contributed by atoms with van der Waals surface area (Å²) in [5, 5.41) is 11.5. The third kappa shape index (κ3) is 3.39. The SMILES string of the molecule is Cc1cc(C)c(C(=O)COC(=O)c2cccc[n+]2[O-])c(C)c1C. The van der Waals surface area contributed by atoms with E-state index in [2.05, 4.69) is 0 Å². The first-order valence-corrected chi connectivity index (χ1v) is 7.29. The number of benzene rings is 1. The Morgan fingerprint density at radius 2 is 1.78 bits per heavy atom. The average molecular weight is 313 g/mol. The molecule has 0 fully saturated rings. The van der Waals surface area contributed by atoms with Crippen LogP contribution in [0.15, 0.2) is 30.5 Å². The van der Waals surface area contributed by atoms with Crippen LogP contribution in [0.5, 0.6) is 0 Å². The van der Waals surface area contributed by atoms with Gasteiger partial charge in [0.15, 0.2) is 12.8 Å². The number of carbonyl (C=O) groups excluding carboxylic acids is 2. The Morgan fingerprint density at radius 3 is 2.43 bits per heavy atom. The number of aromatic nitrogens is 1. The number of hydrogen-bond acceptors (Lipinski definition) is 4. The van der Waals surface area contributed by atoms with Gasteiger partial charge in [0, 0.05) is 17.7 Å². The second-order valence-electron chi connectivity index (χ2n) is 5.55. The molecule has 0 atom stereocenters. The third-order valence-electron chi connectivity index (χ3n) is 4.00. The minimum atomic E-state index is -0.812. The van der Waals surface area contributed by atoms with Gasteiger partial charge in [0.05, 0.1) is 0 Å². The van der Waals surface area contributed by atoms with Crippen molar-refractivity contribution in [3.8, 4) is 0 Å². The largest absolute Gasteiger partial charge is 0.618 e. The Bertz CT molecular complexity index is 781. The van der Waals surface area contributed by atoms with Crippen molar-refractivity contribution in [3.63, 3.8) is 0 Å². The molecule has 0 saturated carbocycles. The van der Waals surface area contributed by atoms with E-state index in [4.69, 9.17) is 4.74 Å². The lowest BCUT2D eigenvalue weighted by molar-refractivity contribution is -0.608. The van der Waals surface area contributed by atoms with Crippen molar-refractivity contribution in [2.45, 2.75) is 27.7 Å². The van der Waals surface area contributed by atoms with Gasteiger partial charge in [-0.15, -0.1) is 0 Å². The van der Waals surface area contributed by atoms with Crippen LogP contribution in [-0.2, 0) is 4.74 Å². The second-order valence-corrected chi connectivity index (χ2v) is 5.55. The molecule has 0 spiro atoms. The highest BCUT2D eigenvalue weighted by molar-refractivity contribution is 6.01. The summed E-state index contributed by atoms with van der Waals surface area (Å²) in [4.78, 5) is 24.3. The molecule has 0 aliphatic rings. The summed E-state index contributed by atoms with van der Waals surface area (Å²) in [6, 6.07) is 6.37. The number of Topliss-reactive ketones (excluding diaryl/α,β-unsaturated/α-hetero) is 1. The number of nitrogens with zero attached hydrogens (tertiary/aromatic N) is 1. The predicted octanol–water partition coefficient (Wildman–Crippen LogP) is 2.59. The molecule has 1 aromatic heterocycles. The van der Waals surface area contributed by atoms with Crippen molar-refractivity contribution >= 4 is 11.8 Å². The lowest BCUT2D eigenvalue weighted by Crippen LogP contribution is -2.35. The fourth-order valence-electron chi connectivity index (χ4n) is 2.58. The monoisotopic (exact) mass is 313 g/mol. The molecule has 0 aliphatic carbocycles. The van der Waals surface area contributed by atoms with Crippen molar-refractivity contribution in [2.75, 3.05) is 6.61 Å². The average Bonchev–Trinajstić information content (AvgIpc) is 2.51. The molecule has 0 bridgehead atoms. The lowest BCUT2D eigenvalue weighted by atomic mass is 9.92. The number of carbonyl (C=O) groups is 2. The molecule has 0 aliphatic heterocycles. The van der Waals surface area contributed by atoms with Crippen molar-refractivity contribution in [3.05, 3.63) is 69.2 Å². The van der Waals surface area contributed by atoms with Crippen molar-refractivity contribution in [1.29, 1.82) is 0 Å². The first-order valence-electron chi connectivity index (χ1n) is 7.29. The van der Waals surface area contributed by atoms with Gasteiger partial charge >= 0.3 is 11.7 Å². The fourth-order valence-corrected chi connectivity index (χ4v) is 2.58. The molecule has 120 valence electrons. The van der Waals surface area contributed by atoms with E-state index >= 15 is 0 Å². The zero-order valence-electron chi connectivity index (χ0n) is 13.7. The van der Waals surface area contributed by atoms with Gasteiger partial charge in [-0.1, -0.05) is 6.07 Å². The molecule has 2 rings (SSSR count). The molecule has 0 saturated heterocycles. The zero-order valence-corrected chi connectivity index (χ0v) is 13.7. The van der Waals surface area contributed by atoms with Crippen LogP contribution in [0.4, 0.5) is 0 Å². The second kappa shape index (κ2) is 6.60. The minimum absolute atomic E-state index is 0.145. The smallest absolute Gasteiger partial charge is 0.405 e. The van der Waals surface area contributed by atoms with Crippen LogP contribution in [-0.4, -0.2) is 18.4 Å². The normalized spacial score (nSPS) is 10.4. The maximum absolute atomic E-state index is 12.4. The summed E-state index contributed by atoms with van der Waals surface area (Å²) >= 11 is 0. The number of ether oxygens (including phenoxy) is 1. The van der Waals surface area contributed by atoms with Gasteiger partial charge in [-0.05, 0) is 56.0 Å². The van der Waals surface area contributed by atoms with E-state index < -0.39 is 12.6 Å². The molecular weight excluding hydrogens is 294 g/mol. The van der Waals surface area contributed by atoms with Crippen LogP contribution < -0.4 is 4.73 Å². The van der Waals surface area contributed by atoms with Crippen LogP contribution in [0, 0.1) is 32.9 Å². The number of pyridine rings is 1. The van der Waals surface area contributed by atoms with Gasteiger partial charge in [-0.2, -0.15) is 4.73 Å². The quantitative estimate of drug-likeness (QED) is 0.376. The van der Waals surface area contributed by atoms with Crippen molar-refractivity contribution < 1.29 is 19.1 Å². The Hall–Kier alpha value is -2.69. The van der Waals surface area contributed by atoms with Crippen molar-refractivity contribution in [2.24, 2.45) is 0 Å². The van der Waals surface area contributed by atoms with Gasteiger partial charge in [0.2, 0.25) is 5.78 Å². The molecule has 5 nitrogen and oxygen atoms in total. The summed E-state index contributed by atoms with van der Waals surface area (Å²) in [5.41, 5.74) is 4.33. The number of rotatable bonds is 4. The Labute approximate surface area is 135 Å².